The molecular weight excluding hydrogens is 379 g/mol. The average Bonchev–Trinajstić information content (AvgIpc) is 2.71. The Morgan fingerprint density at radius 1 is 1.03 bits per heavy atom. The van der Waals surface area contributed by atoms with Gasteiger partial charge in [0.15, 0.2) is 0 Å². The topological polar surface area (TPSA) is 62.2 Å². The normalized spacial score (nSPS) is 10.9. The molecule has 0 amide bonds. The van der Waals surface area contributed by atoms with Crippen LogP contribution in [0.5, 0.6) is 0 Å². The Hall–Kier alpha value is -3.73. The lowest BCUT2D eigenvalue weighted by molar-refractivity contribution is 0.0698. The summed E-state index contributed by atoms with van der Waals surface area (Å²) < 4.78 is 13.8. The second-order valence-corrected chi connectivity index (χ2v) is 7.33. The number of aromatic nitrogens is 1. The summed E-state index contributed by atoms with van der Waals surface area (Å²) in [6, 6.07) is 19.4. The molecule has 4 rings (SSSR count). The van der Waals surface area contributed by atoms with Crippen LogP contribution in [0.3, 0.4) is 0 Å². The monoisotopic (exact) mass is 400 g/mol. The van der Waals surface area contributed by atoms with E-state index in [0.717, 1.165) is 38.9 Å². The molecule has 5 heteroatoms. The lowest BCUT2D eigenvalue weighted by atomic mass is 9.98. The van der Waals surface area contributed by atoms with Gasteiger partial charge in [-0.25, -0.2) is 9.18 Å². The van der Waals surface area contributed by atoms with Crippen LogP contribution in [0.4, 0.5) is 10.1 Å². The second-order valence-electron chi connectivity index (χ2n) is 7.33. The third-order valence-electron chi connectivity index (χ3n) is 5.12. The SMILES string of the molecule is Cc1cc(CNc2ccccc2C(=O)O)c2cc(-c3cccc(F)c3)c(C)nc2c1. The van der Waals surface area contributed by atoms with E-state index in [1.54, 1.807) is 30.3 Å². The number of benzene rings is 3. The largest absolute Gasteiger partial charge is 0.478 e. The molecule has 1 aromatic heterocycles. The van der Waals surface area contributed by atoms with Gasteiger partial charge in [0, 0.05) is 28.9 Å². The molecule has 0 saturated carbocycles. The molecule has 1 heterocycles. The van der Waals surface area contributed by atoms with Crippen molar-refractivity contribution in [1.29, 1.82) is 0 Å². The van der Waals surface area contributed by atoms with Crippen LogP contribution in [0.1, 0.15) is 27.2 Å². The zero-order chi connectivity index (χ0) is 21.3. The van der Waals surface area contributed by atoms with E-state index in [1.165, 1.54) is 12.1 Å². The van der Waals surface area contributed by atoms with Gasteiger partial charge in [0.25, 0.3) is 0 Å². The zero-order valence-electron chi connectivity index (χ0n) is 16.7. The number of aromatic carboxylic acids is 1. The maximum atomic E-state index is 13.8. The number of fused-ring (bicyclic) bond motifs is 1. The van der Waals surface area contributed by atoms with E-state index in [0.29, 0.717) is 12.2 Å². The van der Waals surface area contributed by atoms with Gasteiger partial charge in [-0.1, -0.05) is 30.3 Å². The van der Waals surface area contributed by atoms with Crippen molar-refractivity contribution in [3.05, 3.63) is 94.9 Å². The van der Waals surface area contributed by atoms with Gasteiger partial charge in [-0.05, 0) is 66.9 Å². The number of para-hydroxylation sites is 1. The Morgan fingerprint density at radius 2 is 1.83 bits per heavy atom. The highest BCUT2D eigenvalue weighted by Gasteiger charge is 2.12. The summed E-state index contributed by atoms with van der Waals surface area (Å²) in [5.74, 6) is -1.26. The molecule has 3 aromatic carbocycles. The number of hydrogen-bond donors (Lipinski definition) is 2. The van der Waals surface area contributed by atoms with E-state index < -0.39 is 5.97 Å². The molecular formula is C25H21FN2O2. The Bertz CT molecular complexity index is 1270. The first-order valence-electron chi connectivity index (χ1n) is 9.65. The smallest absolute Gasteiger partial charge is 0.337 e. The van der Waals surface area contributed by atoms with Crippen LogP contribution in [0.25, 0.3) is 22.0 Å². The van der Waals surface area contributed by atoms with E-state index in [2.05, 4.69) is 11.4 Å². The Morgan fingerprint density at radius 3 is 2.60 bits per heavy atom. The van der Waals surface area contributed by atoms with Crippen molar-refractivity contribution in [2.75, 3.05) is 5.32 Å². The molecule has 0 radical (unpaired) electrons. The second kappa shape index (κ2) is 7.95. The number of halogens is 1. The van der Waals surface area contributed by atoms with E-state index in [9.17, 15) is 14.3 Å². The van der Waals surface area contributed by atoms with Crippen LogP contribution in [-0.2, 0) is 6.54 Å². The molecule has 150 valence electrons. The third kappa shape index (κ3) is 3.87. The van der Waals surface area contributed by atoms with Gasteiger partial charge >= 0.3 is 5.97 Å². The molecule has 0 bridgehead atoms. The van der Waals surface area contributed by atoms with Crippen LogP contribution in [0, 0.1) is 19.7 Å². The molecule has 0 aliphatic carbocycles. The summed E-state index contributed by atoms with van der Waals surface area (Å²) in [5.41, 5.74) is 6.18. The molecule has 4 nitrogen and oxygen atoms in total. The van der Waals surface area contributed by atoms with Crippen molar-refractivity contribution in [3.63, 3.8) is 0 Å². The zero-order valence-corrected chi connectivity index (χ0v) is 16.7. The predicted octanol–water partition coefficient (Wildman–Crippen LogP) is 5.97. The molecule has 0 spiro atoms. The highest BCUT2D eigenvalue weighted by molar-refractivity contribution is 5.94. The average molecular weight is 400 g/mol. The Labute approximate surface area is 174 Å². The van der Waals surface area contributed by atoms with Crippen LogP contribution < -0.4 is 5.32 Å². The fourth-order valence-electron chi connectivity index (χ4n) is 3.71. The number of nitrogens with zero attached hydrogens (tertiary/aromatic N) is 1. The summed E-state index contributed by atoms with van der Waals surface area (Å²) in [7, 11) is 0. The van der Waals surface area contributed by atoms with Gasteiger partial charge in [0.05, 0.1) is 11.1 Å². The van der Waals surface area contributed by atoms with Crippen molar-refractivity contribution in [1.82, 2.24) is 4.98 Å². The van der Waals surface area contributed by atoms with Crippen LogP contribution in [0.2, 0.25) is 0 Å². The van der Waals surface area contributed by atoms with E-state index >= 15 is 0 Å². The minimum absolute atomic E-state index is 0.226. The first kappa shape index (κ1) is 19.6. The molecule has 30 heavy (non-hydrogen) atoms. The highest BCUT2D eigenvalue weighted by Crippen LogP contribution is 2.30. The highest BCUT2D eigenvalue weighted by atomic mass is 19.1. The number of carbonyl (C=O) groups is 1. The van der Waals surface area contributed by atoms with Crippen LogP contribution in [0.15, 0.2) is 66.7 Å². The minimum atomic E-state index is -0.974. The summed E-state index contributed by atoms with van der Waals surface area (Å²) in [4.78, 5) is 16.2. The van der Waals surface area contributed by atoms with Gasteiger partial charge in [0.1, 0.15) is 5.82 Å². The van der Waals surface area contributed by atoms with E-state index in [4.69, 9.17) is 4.98 Å². The molecule has 4 aromatic rings. The number of carboxylic acid groups (broad SMARTS) is 1. The molecule has 0 saturated heterocycles. The first-order valence-corrected chi connectivity index (χ1v) is 9.65. The number of anilines is 1. The van der Waals surface area contributed by atoms with Crippen molar-refractivity contribution in [2.45, 2.75) is 20.4 Å². The summed E-state index contributed by atoms with van der Waals surface area (Å²) in [5, 5.41) is 13.6. The lowest BCUT2D eigenvalue weighted by Gasteiger charge is -2.14. The number of hydrogen-bond acceptors (Lipinski definition) is 3. The molecule has 0 aliphatic heterocycles. The molecule has 2 N–H and O–H groups in total. The number of pyridine rings is 1. The third-order valence-corrected chi connectivity index (χ3v) is 5.12. The van der Waals surface area contributed by atoms with Crippen LogP contribution >= 0.6 is 0 Å². The predicted molar refractivity (Wildman–Crippen MR) is 117 cm³/mol. The Balaban J connectivity index is 1.78. The molecule has 0 fully saturated rings. The lowest BCUT2D eigenvalue weighted by Crippen LogP contribution is -2.07. The number of rotatable bonds is 5. The van der Waals surface area contributed by atoms with Gasteiger partial charge < -0.3 is 10.4 Å². The summed E-state index contributed by atoms with van der Waals surface area (Å²) in [6.45, 7) is 4.37. The van der Waals surface area contributed by atoms with Gasteiger partial charge in [0.2, 0.25) is 0 Å². The van der Waals surface area contributed by atoms with Gasteiger partial charge in [-0.3, -0.25) is 4.98 Å². The van der Waals surface area contributed by atoms with Crippen molar-refractivity contribution >= 4 is 22.6 Å². The van der Waals surface area contributed by atoms with Gasteiger partial charge in [-0.2, -0.15) is 0 Å². The summed E-state index contributed by atoms with van der Waals surface area (Å²) in [6.07, 6.45) is 0. The van der Waals surface area contributed by atoms with Crippen molar-refractivity contribution in [3.8, 4) is 11.1 Å². The van der Waals surface area contributed by atoms with Crippen molar-refractivity contribution < 1.29 is 14.3 Å². The number of nitrogens with one attached hydrogen (secondary N) is 1. The maximum Gasteiger partial charge on any atom is 0.337 e. The number of aryl methyl sites for hydroxylation is 2. The fraction of sp³-hybridized carbons (Fsp3) is 0.120. The molecule has 0 aliphatic rings. The maximum absolute atomic E-state index is 13.8. The minimum Gasteiger partial charge on any atom is -0.478 e. The first-order chi connectivity index (χ1) is 14.4. The quantitative estimate of drug-likeness (QED) is 0.433. The van der Waals surface area contributed by atoms with E-state index in [1.807, 2.05) is 32.0 Å². The van der Waals surface area contributed by atoms with E-state index in [-0.39, 0.29) is 11.4 Å². The molecule has 0 atom stereocenters. The van der Waals surface area contributed by atoms with Crippen LogP contribution in [-0.4, -0.2) is 16.1 Å². The molecule has 0 unspecified atom stereocenters. The Kier molecular flexibility index (Phi) is 5.19. The number of carboxylic acids is 1. The van der Waals surface area contributed by atoms with Gasteiger partial charge in [-0.15, -0.1) is 0 Å². The standard InChI is InChI=1S/C25H21FN2O2/c1-15-10-18(14-27-23-9-4-3-8-20(23)25(29)30)22-13-21(16(2)28-24(22)11-15)17-6-5-7-19(26)12-17/h3-13,27H,14H2,1-2H3,(H,29,30). The van der Waals surface area contributed by atoms with Crippen molar-refractivity contribution in [2.24, 2.45) is 0 Å². The fourth-order valence-corrected chi connectivity index (χ4v) is 3.71. The summed E-state index contributed by atoms with van der Waals surface area (Å²) >= 11 is 0.